The average Bonchev–Trinajstić information content (AvgIpc) is 2.62. The van der Waals surface area contributed by atoms with E-state index in [9.17, 15) is 0 Å². The Morgan fingerprint density at radius 3 is 2.88 bits per heavy atom. The third-order valence-corrected chi connectivity index (χ3v) is 3.67. The first kappa shape index (κ1) is 11.2. The Labute approximate surface area is 104 Å². The van der Waals surface area contributed by atoms with E-state index in [-0.39, 0.29) is 0 Å². The van der Waals surface area contributed by atoms with E-state index in [0.717, 1.165) is 39.8 Å². The number of aryl methyl sites for hydroxylation is 2. The van der Waals surface area contributed by atoms with Crippen molar-refractivity contribution in [1.29, 1.82) is 5.26 Å². The predicted octanol–water partition coefficient (Wildman–Crippen LogP) is 3.62. The molecule has 0 fully saturated rings. The summed E-state index contributed by atoms with van der Waals surface area (Å²) in [6, 6.07) is 4.26. The first-order valence-electron chi connectivity index (χ1n) is 5.14. The molecular formula is C13H12BrNO. The van der Waals surface area contributed by atoms with Gasteiger partial charge in [0.1, 0.15) is 5.75 Å². The van der Waals surface area contributed by atoms with Crippen molar-refractivity contribution < 1.29 is 4.74 Å². The van der Waals surface area contributed by atoms with Gasteiger partial charge in [-0.3, -0.25) is 0 Å². The minimum Gasteiger partial charge on any atom is -0.495 e. The van der Waals surface area contributed by atoms with Crippen LogP contribution in [0.2, 0.25) is 0 Å². The van der Waals surface area contributed by atoms with Crippen LogP contribution in [0.5, 0.6) is 5.75 Å². The summed E-state index contributed by atoms with van der Waals surface area (Å²) in [5, 5.41) is 8.75. The highest BCUT2D eigenvalue weighted by Gasteiger charge is 2.22. The van der Waals surface area contributed by atoms with Gasteiger partial charge in [-0.1, -0.05) is 6.07 Å². The lowest BCUT2D eigenvalue weighted by Crippen LogP contribution is -1.94. The van der Waals surface area contributed by atoms with Gasteiger partial charge in [0.25, 0.3) is 0 Å². The van der Waals surface area contributed by atoms with Gasteiger partial charge in [-0.2, -0.15) is 5.26 Å². The number of halogens is 1. The van der Waals surface area contributed by atoms with E-state index < -0.39 is 0 Å². The fraction of sp³-hybridized carbons (Fsp3) is 0.308. The molecule has 0 aliphatic heterocycles. The summed E-state index contributed by atoms with van der Waals surface area (Å²) in [6.45, 7) is 2.04. The van der Waals surface area contributed by atoms with Gasteiger partial charge in [0.15, 0.2) is 0 Å². The molecule has 0 heterocycles. The SMILES string of the molecule is COc1c(C)cc2c(c1Br)/C(=C/C#N)CC2. The zero-order valence-corrected chi connectivity index (χ0v) is 10.9. The maximum Gasteiger partial charge on any atom is 0.136 e. The summed E-state index contributed by atoms with van der Waals surface area (Å²) >= 11 is 3.58. The number of nitriles is 1. The van der Waals surface area contributed by atoms with Crippen molar-refractivity contribution in [3.63, 3.8) is 0 Å². The van der Waals surface area contributed by atoms with Gasteiger partial charge in [0, 0.05) is 6.08 Å². The Kier molecular flexibility index (Phi) is 3.02. The third-order valence-electron chi connectivity index (χ3n) is 2.92. The number of hydrogen-bond donors (Lipinski definition) is 0. The van der Waals surface area contributed by atoms with Crippen LogP contribution in [0.3, 0.4) is 0 Å². The molecule has 0 radical (unpaired) electrons. The van der Waals surface area contributed by atoms with Crippen LogP contribution in [-0.2, 0) is 6.42 Å². The smallest absolute Gasteiger partial charge is 0.136 e. The molecule has 1 aliphatic carbocycles. The number of nitrogens with zero attached hydrogens (tertiary/aromatic N) is 1. The lowest BCUT2D eigenvalue weighted by atomic mass is 10.0. The Hall–Kier alpha value is -1.27. The zero-order chi connectivity index (χ0) is 11.7. The summed E-state index contributed by atoms with van der Waals surface area (Å²) in [7, 11) is 1.67. The quantitative estimate of drug-likeness (QED) is 0.735. The van der Waals surface area contributed by atoms with Crippen LogP contribution >= 0.6 is 15.9 Å². The zero-order valence-electron chi connectivity index (χ0n) is 9.30. The molecule has 0 unspecified atom stereocenters. The predicted molar refractivity (Wildman–Crippen MR) is 67.3 cm³/mol. The van der Waals surface area contributed by atoms with Crippen molar-refractivity contribution >= 4 is 21.5 Å². The van der Waals surface area contributed by atoms with Gasteiger partial charge in [-0.25, -0.2) is 0 Å². The molecule has 0 saturated heterocycles. The van der Waals surface area contributed by atoms with Crippen molar-refractivity contribution in [2.24, 2.45) is 0 Å². The largest absolute Gasteiger partial charge is 0.495 e. The van der Waals surface area contributed by atoms with Gasteiger partial charge in [-0.15, -0.1) is 0 Å². The number of methoxy groups -OCH3 is 1. The van der Waals surface area contributed by atoms with E-state index in [1.165, 1.54) is 5.56 Å². The number of ether oxygens (including phenoxy) is 1. The highest BCUT2D eigenvalue weighted by atomic mass is 79.9. The summed E-state index contributed by atoms with van der Waals surface area (Å²) in [4.78, 5) is 0. The van der Waals surface area contributed by atoms with Gasteiger partial charge in [0.2, 0.25) is 0 Å². The van der Waals surface area contributed by atoms with Crippen LogP contribution in [0.25, 0.3) is 5.57 Å². The van der Waals surface area contributed by atoms with Gasteiger partial charge < -0.3 is 4.74 Å². The van der Waals surface area contributed by atoms with Crippen LogP contribution in [0.4, 0.5) is 0 Å². The normalized spacial score (nSPS) is 16.0. The number of allylic oxidation sites excluding steroid dienone is 2. The Balaban J connectivity index is 2.68. The number of hydrogen-bond acceptors (Lipinski definition) is 2. The molecule has 16 heavy (non-hydrogen) atoms. The molecule has 0 aromatic heterocycles. The van der Waals surface area contributed by atoms with Crippen molar-refractivity contribution in [2.75, 3.05) is 7.11 Å². The summed E-state index contributed by atoms with van der Waals surface area (Å²) in [5.74, 6) is 0.865. The second kappa shape index (κ2) is 4.31. The van der Waals surface area contributed by atoms with E-state index in [4.69, 9.17) is 10.00 Å². The second-order valence-corrected chi connectivity index (χ2v) is 4.67. The second-order valence-electron chi connectivity index (χ2n) is 3.87. The van der Waals surface area contributed by atoms with Crippen LogP contribution in [-0.4, -0.2) is 7.11 Å². The van der Waals surface area contributed by atoms with E-state index in [1.807, 2.05) is 6.92 Å². The van der Waals surface area contributed by atoms with E-state index in [2.05, 4.69) is 28.1 Å². The molecule has 82 valence electrons. The van der Waals surface area contributed by atoms with Crippen molar-refractivity contribution in [2.45, 2.75) is 19.8 Å². The molecule has 1 aliphatic rings. The lowest BCUT2D eigenvalue weighted by Gasteiger charge is -2.12. The molecule has 2 rings (SSSR count). The van der Waals surface area contributed by atoms with Crippen molar-refractivity contribution in [3.05, 3.63) is 33.3 Å². The molecule has 0 spiro atoms. The fourth-order valence-corrected chi connectivity index (χ4v) is 3.22. The van der Waals surface area contributed by atoms with Gasteiger partial charge in [0.05, 0.1) is 17.7 Å². The molecule has 0 atom stereocenters. The minimum absolute atomic E-state index is 0.865. The average molecular weight is 278 g/mol. The molecule has 1 aromatic carbocycles. The molecule has 0 N–H and O–H groups in total. The maximum absolute atomic E-state index is 8.75. The maximum atomic E-state index is 8.75. The standard InChI is InChI=1S/C13H12BrNO/c1-8-7-10-4-3-9(5-6-15)11(10)12(14)13(8)16-2/h5,7H,3-4H2,1-2H3/b9-5+. The van der Waals surface area contributed by atoms with Gasteiger partial charge in [-0.05, 0) is 58.0 Å². The molecule has 3 heteroatoms. The molecule has 0 bridgehead atoms. The van der Waals surface area contributed by atoms with Crippen molar-refractivity contribution in [1.82, 2.24) is 0 Å². The van der Waals surface area contributed by atoms with E-state index in [0.29, 0.717) is 0 Å². The van der Waals surface area contributed by atoms with Crippen LogP contribution in [0.15, 0.2) is 16.6 Å². The van der Waals surface area contributed by atoms with E-state index >= 15 is 0 Å². The first-order chi connectivity index (χ1) is 7.69. The third kappa shape index (κ3) is 1.64. The summed E-state index contributed by atoms with van der Waals surface area (Å²) < 4.78 is 6.35. The van der Waals surface area contributed by atoms with Crippen LogP contribution in [0, 0.1) is 18.3 Å². The molecule has 0 amide bonds. The minimum atomic E-state index is 0.865. The Morgan fingerprint density at radius 2 is 2.25 bits per heavy atom. The topological polar surface area (TPSA) is 33.0 Å². The van der Waals surface area contributed by atoms with Gasteiger partial charge >= 0.3 is 0 Å². The Morgan fingerprint density at radius 1 is 1.50 bits per heavy atom. The number of fused-ring (bicyclic) bond motifs is 1. The Bertz CT molecular complexity index is 512. The summed E-state index contributed by atoms with van der Waals surface area (Å²) in [6.07, 6.45) is 3.58. The molecule has 2 nitrogen and oxygen atoms in total. The number of rotatable bonds is 1. The molecule has 1 aromatic rings. The van der Waals surface area contributed by atoms with Crippen molar-refractivity contribution in [3.8, 4) is 11.8 Å². The van der Waals surface area contributed by atoms with Crippen LogP contribution < -0.4 is 4.74 Å². The van der Waals surface area contributed by atoms with E-state index in [1.54, 1.807) is 13.2 Å². The summed E-state index contributed by atoms with van der Waals surface area (Å²) in [5.41, 5.74) is 4.67. The highest BCUT2D eigenvalue weighted by Crippen LogP contribution is 2.43. The number of benzene rings is 1. The monoisotopic (exact) mass is 277 g/mol. The highest BCUT2D eigenvalue weighted by molar-refractivity contribution is 9.10. The fourth-order valence-electron chi connectivity index (χ4n) is 2.24. The molecular weight excluding hydrogens is 266 g/mol. The van der Waals surface area contributed by atoms with Crippen LogP contribution in [0.1, 0.15) is 23.1 Å². The lowest BCUT2D eigenvalue weighted by molar-refractivity contribution is 0.409. The molecule has 0 saturated carbocycles. The first-order valence-corrected chi connectivity index (χ1v) is 5.93.